The third-order valence-corrected chi connectivity index (χ3v) is 14.1. The van der Waals surface area contributed by atoms with Crippen LogP contribution in [0.3, 0.4) is 0 Å². The van der Waals surface area contributed by atoms with Gasteiger partial charge in [0, 0.05) is 4.47 Å². The van der Waals surface area contributed by atoms with Crippen molar-refractivity contribution in [1.82, 2.24) is 0 Å². The summed E-state index contributed by atoms with van der Waals surface area (Å²) < 4.78 is 8.42. The molecule has 0 fully saturated rings. The van der Waals surface area contributed by atoms with Crippen molar-refractivity contribution in [2.45, 2.75) is 149 Å². The lowest BCUT2D eigenvalue weighted by Crippen LogP contribution is -2.58. The molecule has 1 nitrogen and oxygen atoms in total. The standard InChI is InChI=1S/C29H53BrOSi/c1-9-13-19-29(20-14-10-2,32(8,21-15-11-3)22-16-12-4)31-24-25-17-18-26(23-27(25)30)28(5,6)7/h17-18,23H,9-16,19-22,24H2,1-8H3. The van der Waals surface area contributed by atoms with E-state index in [4.69, 9.17) is 4.74 Å². The lowest BCUT2D eigenvalue weighted by Gasteiger charge is -2.48. The first kappa shape index (κ1) is 29.9. The molecule has 32 heavy (non-hydrogen) atoms. The molecule has 0 aromatic heterocycles. The Morgan fingerprint density at radius 3 is 1.72 bits per heavy atom. The molecule has 1 rings (SSSR count). The first-order chi connectivity index (χ1) is 15.1. The molecule has 0 spiro atoms. The molecule has 0 saturated heterocycles. The van der Waals surface area contributed by atoms with E-state index in [1.807, 2.05) is 0 Å². The highest BCUT2D eigenvalue weighted by Crippen LogP contribution is 2.43. The van der Waals surface area contributed by atoms with Gasteiger partial charge in [-0.1, -0.05) is 147 Å². The summed E-state index contributed by atoms with van der Waals surface area (Å²) >= 11 is 3.88. The van der Waals surface area contributed by atoms with Gasteiger partial charge in [-0.2, -0.15) is 0 Å². The topological polar surface area (TPSA) is 9.23 Å². The van der Waals surface area contributed by atoms with Gasteiger partial charge >= 0.3 is 0 Å². The van der Waals surface area contributed by atoms with Crippen LogP contribution < -0.4 is 0 Å². The Morgan fingerprint density at radius 1 is 0.812 bits per heavy atom. The average molecular weight is 526 g/mol. The van der Waals surface area contributed by atoms with Crippen molar-refractivity contribution in [3.63, 3.8) is 0 Å². The van der Waals surface area contributed by atoms with E-state index in [2.05, 4.69) is 89.1 Å². The lowest BCUT2D eigenvalue weighted by molar-refractivity contribution is -0.0188. The SMILES string of the molecule is CCCCC(CCCC)(OCc1ccc(C(C)(C)C)cc1Br)[Si](C)(CCCC)CCCC. The Morgan fingerprint density at radius 2 is 1.31 bits per heavy atom. The van der Waals surface area contributed by atoms with Crippen LogP contribution in [-0.4, -0.2) is 13.3 Å². The predicted molar refractivity (Wildman–Crippen MR) is 150 cm³/mol. The van der Waals surface area contributed by atoms with E-state index in [0.29, 0.717) is 0 Å². The van der Waals surface area contributed by atoms with E-state index in [9.17, 15) is 0 Å². The molecule has 0 radical (unpaired) electrons. The summed E-state index contributed by atoms with van der Waals surface area (Å²) in [7, 11) is -1.60. The van der Waals surface area contributed by atoms with Gasteiger partial charge < -0.3 is 4.74 Å². The van der Waals surface area contributed by atoms with Gasteiger partial charge in [0.1, 0.15) is 0 Å². The summed E-state index contributed by atoms with van der Waals surface area (Å²) in [5, 5.41) is 0.103. The molecule has 0 heterocycles. The third-order valence-electron chi connectivity index (χ3n) is 7.56. The zero-order valence-electron chi connectivity index (χ0n) is 22.7. The van der Waals surface area contributed by atoms with Gasteiger partial charge in [0.15, 0.2) is 0 Å². The summed E-state index contributed by atoms with van der Waals surface area (Å²) in [5.74, 6) is 0. The van der Waals surface area contributed by atoms with Crippen LogP contribution in [0.2, 0.25) is 18.6 Å². The van der Waals surface area contributed by atoms with Gasteiger partial charge in [-0.3, -0.25) is 0 Å². The normalized spacial score (nSPS) is 13.0. The molecule has 0 bridgehead atoms. The highest BCUT2D eigenvalue weighted by atomic mass is 79.9. The number of hydrogen-bond acceptors (Lipinski definition) is 1. The molecule has 1 aromatic rings. The molecular formula is C29H53BrOSi. The molecule has 0 amide bonds. The van der Waals surface area contributed by atoms with Gasteiger partial charge in [0.25, 0.3) is 0 Å². The summed E-state index contributed by atoms with van der Waals surface area (Å²) in [6.07, 6.45) is 12.9. The molecular weight excluding hydrogens is 472 g/mol. The number of benzene rings is 1. The van der Waals surface area contributed by atoms with Crippen LogP contribution in [0, 0.1) is 0 Å². The van der Waals surface area contributed by atoms with Crippen molar-refractivity contribution in [2.24, 2.45) is 0 Å². The highest BCUT2D eigenvalue weighted by Gasteiger charge is 2.48. The van der Waals surface area contributed by atoms with E-state index >= 15 is 0 Å². The minimum atomic E-state index is -1.60. The quantitative estimate of drug-likeness (QED) is 0.195. The van der Waals surface area contributed by atoms with E-state index in [-0.39, 0.29) is 10.6 Å². The van der Waals surface area contributed by atoms with Crippen molar-refractivity contribution in [3.8, 4) is 0 Å². The molecule has 1 aromatic carbocycles. The minimum absolute atomic E-state index is 0.103. The molecule has 0 atom stereocenters. The first-order valence-corrected chi connectivity index (χ1v) is 17.2. The van der Waals surface area contributed by atoms with Crippen molar-refractivity contribution in [2.75, 3.05) is 0 Å². The van der Waals surface area contributed by atoms with Crippen LogP contribution in [0.4, 0.5) is 0 Å². The third kappa shape index (κ3) is 8.58. The molecule has 3 heteroatoms. The van der Waals surface area contributed by atoms with Crippen LogP contribution in [-0.2, 0) is 16.8 Å². The monoisotopic (exact) mass is 524 g/mol. The maximum Gasteiger partial charge on any atom is 0.0885 e. The van der Waals surface area contributed by atoms with Gasteiger partial charge in [0.2, 0.25) is 0 Å². The van der Waals surface area contributed by atoms with E-state index in [1.165, 1.54) is 91.9 Å². The van der Waals surface area contributed by atoms with Crippen molar-refractivity contribution < 1.29 is 4.74 Å². The van der Waals surface area contributed by atoms with Gasteiger partial charge in [-0.05, 0) is 35.4 Å². The van der Waals surface area contributed by atoms with Crippen LogP contribution in [0.1, 0.15) is 124 Å². The molecule has 0 N–H and O–H groups in total. The zero-order chi connectivity index (χ0) is 24.3. The second-order valence-electron chi connectivity index (χ2n) is 11.3. The Balaban J connectivity index is 3.31. The molecule has 0 aliphatic rings. The first-order valence-electron chi connectivity index (χ1n) is 13.5. The van der Waals surface area contributed by atoms with E-state index in [1.54, 1.807) is 0 Å². The minimum Gasteiger partial charge on any atom is -0.374 e. The number of hydrogen-bond donors (Lipinski definition) is 0. The fourth-order valence-corrected chi connectivity index (χ4v) is 10.9. The predicted octanol–water partition coefficient (Wildman–Crippen LogP) is 10.6. The van der Waals surface area contributed by atoms with Crippen LogP contribution in [0.25, 0.3) is 0 Å². The van der Waals surface area contributed by atoms with Crippen molar-refractivity contribution in [1.29, 1.82) is 0 Å². The molecule has 186 valence electrons. The van der Waals surface area contributed by atoms with E-state index in [0.717, 1.165) is 6.61 Å². The van der Waals surface area contributed by atoms with Gasteiger partial charge in [0.05, 0.1) is 19.9 Å². The summed E-state index contributed by atoms with van der Waals surface area (Å²) in [5.41, 5.74) is 2.85. The second kappa shape index (κ2) is 14.3. The van der Waals surface area contributed by atoms with Crippen molar-refractivity contribution in [3.05, 3.63) is 33.8 Å². The van der Waals surface area contributed by atoms with Crippen LogP contribution >= 0.6 is 15.9 Å². The number of unbranched alkanes of at least 4 members (excludes halogenated alkanes) is 4. The second-order valence-corrected chi connectivity index (χ2v) is 17.2. The average Bonchev–Trinajstić information content (AvgIpc) is 2.75. The number of halogens is 1. The summed E-state index contributed by atoms with van der Waals surface area (Å²) in [4.78, 5) is 0. The molecule has 0 aliphatic carbocycles. The lowest BCUT2D eigenvalue weighted by atomic mass is 9.87. The highest BCUT2D eigenvalue weighted by molar-refractivity contribution is 9.10. The maximum atomic E-state index is 7.22. The molecule has 0 aliphatic heterocycles. The van der Waals surface area contributed by atoms with Gasteiger partial charge in [-0.25, -0.2) is 0 Å². The molecule has 0 saturated carbocycles. The number of ether oxygens (including phenoxy) is 1. The zero-order valence-corrected chi connectivity index (χ0v) is 25.3. The Labute approximate surface area is 210 Å². The fraction of sp³-hybridized carbons (Fsp3) is 0.793. The Bertz CT molecular complexity index is 633. The Kier molecular flexibility index (Phi) is 13.4. The molecule has 0 unspecified atom stereocenters. The van der Waals surface area contributed by atoms with Gasteiger partial charge in [-0.15, -0.1) is 0 Å². The smallest absolute Gasteiger partial charge is 0.0885 e. The summed E-state index contributed by atoms with van der Waals surface area (Å²) in [6, 6.07) is 9.74. The fourth-order valence-electron chi connectivity index (χ4n) is 5.03. The van der Waals surface area contributed by atoms with Crippen molar-refractivity contribution >= 4 is 24.0 Å². The Hall–Kier alpha value is -0.123. The van der Waals surface area contributed by atoms with Crippen LogP contribution in [0.5, 0.6) is 0 Å². The maximum absolute atomic E-state index is 7.22. The largest absolute Gasteiger partial charge is 0.374 e. The van der Waals surface area contributed by atoms with Crippen LogP contribution in [0.15, 0.2) is 22.7 Å². The number of rotatable bonds is 16. The summed E-state index contributed by atoms with van der Waals surface area (Å²) in [6.45, 7) is 19.7. The van der Waals surface area contributed by atoms with E-state index < -0.39 is 8.07 Å².